The van der Waals surface area contributed by atoms with Crippen LogP contribution in [0.4, 0.5) is 0 Å². The summed E-state index contributed by atoms with van der Waals surface area (Å²) in [7, 11) is 1.82. The van der Waals surface area contributed by atoms with Crippen LogP contribution >= 0.6 is 11.3 Å². The highest BCUT2D eigenvalue weighted by molar-refractivity contribution is 7.15. The van der Waals surface area contributed by atoms with Crippen LogP contribution in [0.1, 0.15) is 22.9 Å². The fourth-order valence-electron chi connectivity index (χ4n) is 3.57. The normalized spacial score (nSPS) is 12.0. The summed E-state index contributed by atoms with van der Waals surface area (Å²) in [6, 6.07) is 17.9. The second-order valence-corrected chi connectivity index (χ2v) is 8.98. The van der Waals surface area contributed by atoms with E-state index in [1.54, 1.807) is 22.9 Å². The first-order chi connectivity index (χ1) is 16.4. The van der Waals surface area contributed by atoms with Gasteiger partial charge < -0.3 is 14.6 Å². The molecule has 0 radical (unpaired) electrons. The van der Waals surface area contributed by atoms with Crippen molar-refractivity contribution in [2.45, 2.75) is 33.0 Å². The molecule has 2 aromatic heterocycles. The maximum atomic E-state index is 11.3. The molecule has 4 rings (SSSR count). The first-order valence-corrected chi connectivity index (χ1v) is 11.7. The number of tetrazole rings is 1. The molecule has 0 aliphatic heterocycles. The lowest BCUT2D eigenvalue weighted by atomic mass is 10.1. The van der Waals surface area contributed by atoms with E-state index in [1.165, 1.54) is 10.4 Å². The van der Waals surface area contributed by atoms with Crippen molar-refractivity contribution < 1.29 is 19.4 Å². The lowest BCUT2D eigenvalue weighted by Crippen LogP contribution is -2.26. The molecule has 0 fully saturated rings. The maximum Gasteiger partial charge on any atom is 0.333 e. The molecular weight excluding hydrogens is 452 g/mol. The summed E-state index contributed by atoms with van der Waals surface area (Å²) in [5, 5.41) is 20.9. The third-order valence-electron chi connectivity index (χ3n) is 5.43. The lowest BCUT2D eigenvalue weighted by molar-refractivity contribution is -0.149. The van der Waals surface area contributed by atoms with Gasteiger partial charge in [0.15, 0.2) is 11.9 Å². The number of aryl methyl sites for hydroxylation is 2. The van der Waals surface area contributed by atoms with E-state index in [9.17, 15) is 9.90 Å². The maximum absolute atomic E-state index is 11.3. The van der Waals surface area contributed by atoms with Gasteiger partial charge in [0, 0.05) is 35.4 Å². The van der Waals surface area contributed by atoms with Crippen molar-refractivity contribution in [1.82, 2.24) is 20.2 Å². The van der Waals surface area contributed by atoms with E-state index in [-0.39, 0.29) is 0 Å². The van der Waals surface area contributed by atoms with Gasteiger partial charge in [0.1, 0.15) is 12.4 Å². The minimum Gasteiger partial charge on any atom is -0.488 e. The molecular formula is C25H26N4O4S. The van der Waals surface area contributed by atoms with E-state index in [4.69, 9.17) is 9.47 Å². The van der Waals surface area contributed by atoms with Gasteiger partial charge in [-0.05, 0) is 59.2 Å². The molecule has 2 aromatic carbocycles. The van der Waals surface area contributed by atoms with Gasteiger partial charge in [-0.25, -0.2) is 9.48 Å². The number of aromatic nitrogens is 4. The van der Waals surface area contributed by atoms with Crippen molar-refractivity contribution in [1.29, 1.82) is 0 Å². The summed E-state index contributed by atoms with van der Waals surface area (Å²) >= 11 is 1.71. The van der Waals surface area contributed by atoms with Crippen molar-refractivity contribution in [3.05, 3.63) is 70.6 Å². The third kappa shape index (κ3) is 5.49. The molecule has 1 atom stereocenters. The Kier molecular flexibility index (Phi) is 7.34. The van der Waals surface area contributed by atoms with Crippen LogP contribution in [0.5, 0.6) is 5.75 Å². The Morgan fingerprint density at radius 1 is 1.12 bits per heavy atom. The van der Waals surface area contributed by atoms with Gasteiger partial charge in [-0.15, -0.1) is 16.4 Å². The molecule has 0 saturated heterocycles. The zero-order chi connectivity index (χ0) is 24.1. The average Bonchev–Trinajstić information content (AvgIpc) is 3.43. The standard InChI is InChI=1S/C25H26N4O4S/c1-4-32-21(25(30)31)14-17-5-11-20(12-6-17)33-15-23-16(2)13-22(34-23)18-7-9-19(10-8-18)24-26-27-28-29(24)3/h5-13,21H,4,14-15H2,1-3H3,(H,30,31)/t21-/m0/s1. The second-order valence-electron chi connectivity index (χ2n) is 7.84. The van der Waals surface area contributed by atoms with Crippen molar-refractivity contribution in [3.63, 3.8) is 0 Å². The molecule has 176 valence electrons. The lowest BCUT2D eigenvalue weighted by Gasteiger charge is -2.13. The fourth-order valence-corrected chi connectivity index (χ4v) is 4.66. The summed E-state index contributed by atoms with van der Waals surface area (Å²) in [6.45, 7) is 4.71. The highest BCUT2D eigenvalue weighted by atomic mass is 32.1. The molecule has 34 heavy (non-hydrogen) atoms. The van der Waals surface area contributed by atoms with Crippen molar-refractivity contribution in [2.24, 2.45) is 7.05 Å². The van der Waals surface area contributed by atoms with Gasteiger partial charge in [0.2, 0.25) is 0 Å². The fraction of sp³-hybridized carbons (Fsp3) is 0.280. The number of nitrogens with zero attached hydrogens (tertiary/aromatic N) is 4. The van der Waals surface area contributed by atoms with Crippen LogP contribution in [0.2, 0.25) is 0 Å². The van der Waals surface area contributed by atoms with Crippen LogP contribution in [0, 0.1) is 6.92 Å². The zero-order valence-electron chi connectivity index (χ0n) is 19.3. The van der Waals surface area contributed by atoms with Gasteiger partial charge in [-0.3, -0.25) is 0 Å². The molecule has 2 heterocycles. The van der Waals surface area contributed by atoms with Crippen LogP contribution in [-0.4, -0.2) is 44.0 Å². The van der Waals surface area contributed by atoms with Crippen LogP contribution < -0.4 is 4.74 Å². The Labute approximate surface area is 201 Å². The molecule has 0 amide bonds. The first-order valence-electron chi connectivity index (χ1n) is 10.9. The van der Waals surface area contributed by atoms with E-state index in [1.807, 2.05) is 43.4 Å². The van der Waals surface area contributed by atoms with Crippen LogP contribution in [0.25, 0.3) is 21.8 Å². The van der Waals surface area contributed by atoms with Crippen molar-refractivity contribution in [2.75, 3.05) is 6.61 Å². The van der Waals surface area contributed by atoms with Gasteiger partial charge in [-0.1, -0.05) is 36.4 Å². The summed E-state index contributed by atoms with van der Waals surface area (Å²) in [5.74, 6) is 0.514. The summed E-state index contributed by atoms with van der Waals surface area (Å²) in [4.78, 5) is 13.6. The average molecular weight is 479 g/mol. The van der Waals surface area contributed by atoms with Gasteiger partial charge >= 0.3 is 5.97 Å². The Hall–Kier alpha value is -3.56. The van der Waals surface area contributed by atoms with Crippen molar-refractivity contribution >= 4 is 17.3 Å². The van der Waals surface area contributed by atoms with Gasteiger partial charge in [0.05, 0.1) is 0 Å². The predicted octanol–water partition coefficient (Wildman–Crippen LogP) is 4.53. The number of hydrogen-bond acceptors (Lipinski definition) is 7. The van der Waals surface area contributed by atoms with E-state index in [2.05, 4.69) is 40.6 Å². The molecule has 1 N–H and O–H groups in total. The van der Waals surface area contributed by atoms with Crippen LogP contribution in [0.3, 0.4) is 0 Å². The van der Waals surface area contributed by atoms with E-state index >= 15 is 0 Å². The molecule has 4 aromatic rings. The van der Waals surface area contributed by atoms with Crippen LogP contribution in [0.15, 0.2) is 54.6 Å². The number of benzene rings is 2. The molecule has 9 heteroatoms. The number of carboxylic acid groups (broad SMARTS) is 1. The highest BCUT2D eigenvalue weighted by Gasteiger charge is 2.18. The molecule has 0 spiro atoms. The van der Waals surface area contributed by atoms with E-state index in [0.717, 1.165) is 33.1 Å². The number of thiophene rings is 1. The minimum absolute atomic E-state index is 0.322. The topological polar surface area (TPSA) is 99.4 Å². The zero-order valence-corrected chi connectivity index (χ0v) is 20.1. The van der Waals surface area contributed by atoms with Crippen LogP contribution in [-0.2, 0) is 29.6 Å². The highest BCUT2D eigenvalue weighted by Crippen LogP contribution is 2.33. The smallest absolute Gasteiger partial charge is 0.333 e. The molecule has 0 aliphatic rings. The molecule has 8 nitrogen and oxygen atoms in total. The van der Waals surface area contributed by atoms with E-state index in [0.29, 0.717) is 19.6 Å². The summed E-state index contributed by atoms with van der Waals surface area (Å²) in [5.41, 5.74) is 4.17. The summed E-state index contributed by atoms with van der Waals surface area (Å²) < 4.78 is 12.9. The largest absolute Gasteiger partial charge is 0.488 e. The third-order valence-corrected chi connectivity index (χ3v) is 6.69. The Bertz CT molecular complexity index is 1250. The monoisotopic (exact) mass is 478 g/mol. The number of aliphatic carboxylic acids is 1. The number of carboxylic acids is 1. The summed E-state index contributed by atoms with van der Waals surface area (Å²) in [6.07, 6.45) is -0.516. The predicted molar refractivity (Wildman–Crippen MR) is 130 cm³/mol. The van der Waals surface area contributed by atoms with Gasteiger partial charge in [0.25, 0.3) is 0 Å². The quantitative estimate of drug-likeness (QED) is 0.358. The number of rotatable bonds is 10. The Balaban J connectivity index is 1.39. The van der Waals surface area contributed by atoms with Crippen molar-refractivity contribution in [3.8, 4) is 27.6 Å². The second kappa shape index (κ2) is 10.6. The first kappa shape index (κ1) is 23.6. The Morgan fingerprint density at radius 2 is 1.82 bits per heavy atom. The van der Waals surface area contributed by atoms with Gasteiger partial charge in [-0.2, -0.15) is 0 Å². The molecule has 0 unspecified atom stereocenters. The molecule has 0 bridgehead atoms. The Morgan fingerprint density at radius 3 is 2.44 bits per heavy atom. The molecule has 0 saturated carbocycles. The number of ether oxygens (including phenoxy) is 2. The molecule has 0 aliphatic carbocycles. The number of hydrogen-bond donors (Lipinski definition) is 1. The number of carbonyl (C=O) groups is 1. The minimum atomic E-state index is -0.952. The SMILES string of the molecule is CCO[C@@H](Cc1ccc(OCc2sc(-c3ccc(-c4nnnn4C)cc3)cc2C)cc1)C(=O)O. The van der Waals surface area contributed by atoms with E-state index < -0.39 is 12.1 Å².